The van der Waals surface area contributed by atoms with Crippen LogP contribution in [-0.4, -0.2) is 0 Å². The Morgan fingerprint density at radius 2 is 2.40 bits per heavy atom. The maximum absolute atomic E-state index is 10.6. The van der Waals surface area contributed by atoms with Crippen LogP contribution in [0.2, 0.25) is 0 Å². The summed E-state index contributed by atoms with van der Waals surface area (Å²) < 4.78 is 19.9. The van der Waals surface area contributed by atoms with Gasteiger partial charge in [0.2, 0.25) is 0 Å². The van der Waals surface area contributed by atoms with Gasteiger partial charge < -0.3 is 0 Å². The predicted molar refractivity (Wildman–Crippen MR) is 19.2 cm³/mol. The van der Waals surface area contributed by atoms with E-state index in [4.69, 9.17) is 0 Å². The van der Waals surface area contributed by atoms with Crippen molar-refractivity contribution in [1.82, 2.24) is 0 Å². The molecule has 0 aliphatic carbocycles. The minimum absolute atomic E-state index is 0.255. The van der Waals surface area contributed by atoms with Crippen LogP contribution < -0.4 is 0 Å². The van der Waals surface area contributed by atoms with E-state index in [0.717, 1.165) is 5.82 Å². The second kappa shape index (κ2) is 3.77. The maximum Gasteiger partial charge on any atom is 0.357 e. The Morgan fingerprint density at radius 1 is 1.80 bits per heavy atom. The summed E-state index contributed by atoms with van der Waals surface area (Å²) in [4.78, 5) is 0. The highest BCUT2D eigenvalue weighted by molar-refractivity contribution is 7.27. The molecule has 0 bridgehead atoms. The Hall–Kier alpha value is -0.230. The van der Waals surface area contributed by atoms with Gasteiger partial charge in [0.25, 0.3) is 0 Å². The Kier molecular flexibility index (Phi) is 3.60. The van der Waals surface area contributed by atoms with Crippen LogP contribution in [0, 0.1) is 0 Å². The van der Waals surface area contributed by atoms with E-state index in [1.165, 1.54) is 0 Å². The summed E-state index contributed by atoms with van der Waals surface area (Å²) in [6.45, 7) is 0. The molecular weight excluding hydrogens is 90.0 g/mol. The zero-order chi connectivity index (χ0) is 4.12. The van der Waals surface area contributed by atoms with Gasteiger partial charge in [0, 0.05) is 0 Å². The predicted octanol–water partition coefficient (Wildman–Crippen LogP) is 1.45. The van der Waals surface area contributed by atoms with Crippen molar-refractivity contribution < 1.29 is 8.96 Å². The number of halogens is 1. The molecule has 5 heavy (non-hydrogen) atoms. The maximum atomic E-state index is 10.6. The lowest BCUT2D eigenvalue weighted by Crippen LogP contribution is -1.18. The van der Waals surface area contributed by atoms with E-state index in [1.807, 2.05) is 0 Å². The second-order valence-electron chi connectivity index (χ2n) is 0.411. The largest absolute Gasteiger partial charge is 0.357 e. The van der Waals surface area contributed by atoms with Crippen LogP contribution in [0.15, 0.2) is 12.1 Å². The molecule has 1 nitrogen and oxygen atoms in total. The van der Waals surface area contributed by atoms with E-state index in [-0.39, 0.29) is 6.33 Å². The third kappa shape index (κ3) is 3.77. The van der Waals surface area contributed by atoms with Crippen LogP contribution in [0.4, 0.5) is 4.39 Å². The Labute approximate surface area is 30.7 Å². The molecule has 0 aromatic heterocycles. The third-order valence-electron chi connectivity index (χ3n) is 0.131. The molecule has 0 saturated carbocycles. The lowest BCUT2D eigenvalue weighted by atomic mass is 11.2. The monoisotopic (exact) mass is 93.0 g/mol. The highest BCUT2D eigenvalue weighted by Gasteiger charge is 1.67. The van der Waals surface area contributed by atoms with Crippen LogP contribution in [-0.2, 0) is 4.57 Å². The van der Waals surface area contributed by atoms with E-state index in [9.17, 15) is 8.96 Å². The molecule has 1 atom stereocenters. The highest BCUT2D eigenvalue weighted by Crippen LogP contribution is 1.90. The first-order valence-electron chi connectivity index (χ1n) is 1.04. The molecule has 0 fully saturated rings. The van der Waals surface area contributed by atoms with Crippen molar-refractivity contribution in [3.05, 3.63) is 12.1 Å². The first-order valence-corrected chi connectivity index (χ1v) is 2.03. The summed E-state index contributed by atoms with van der Waals surface area (Å²) in [6, 6.07) is 0. The molecule has 1 unspecified atom stereocenters. The van der Waals surface area contributed by atoms with Gasteiger partial charge in [0.15, 0.2) is 5.82 Å². The van der Waals surface area contributed by atoms with E-state index < -0.39 is 8.46 Å². The molecule has 3 heteroatoms. The molecule has 0 aliphatic rings. The summed E-state index contributed by atoms with van der Waals surface area (Å²) in [5.41, 5.74) is 0. The second-order valence-corrected chi connectivity index (χ2v) is 0.980. The summed E-state index contributed by atoms with van der Waals surface area (Å²) in [5, 5.41) is 0. The lowest BCUT2D eigenvalue weighted by Gasteiger charge is -1.36. The smallest absolute Gasteiger partial charge is 0.211 e. The Balaban J connectivity index is 2.92. The van der Waals surface area contributed by atoms with Crippen LogP contribution in [0.5, 0.6) is 0 Å². The van der Waals surface area contributed by atoms with E-state index in [2.05, 4.69) is 0 Å². The van der Waals surface area contributed by atoms with Crippen LogP contribution >= 0.6 is 8.46 Å². The number of hydrogen-bond donors (Lipinski definition) is 0. The van der Waals surface area contributed by atoms with Crippen molar-refractivity contribution in [2.45, 2.75) is 0 Å². The fraction of sp³-hybridized carbons (Fsp3) is 0. The molecular formula is C2H3FOP+. The van der Waals surface area contributed by atoms with Crippen molar-refractivity contribution in [3.8, 4) is 0 Å². The molecule has 0 amide bonds. The van der Waals surface area contributed by atoms with Gasteiger partial charge in [0.1, 0.15) is 6.33 Å². The van der Waals surface area contributed by atoms with Gasteiger partial charge in [-0.1, -0.05) is 4.57 Å². The quantitative estimate of drug-likeness (QED) is 0.448. The average molecular weight is 93.0 g/mol. The van der Waals surface area contributed by atoms with Crippen LogP contribution in [0.3, 0.4) is 0 Å². The van der Waals surface area contributed by atoms with Gasteiger partial charge >= 0.3 is 8.46 Å². The first kappa shape index (κ1) is 4.77. The van der Waals surface area contributed by atoms with Gasteiger partial charge in [-0.3, -0.25) is 0 Å². The zero-order valence-electron chi connectivity index (χ0n) is 2.44. The van der Waals surface area contributed by atoms with Gasteiger partial charge in [-0.05, 0) is 0 Å². The topological polar surface area (TPSA) is 17.1 Å². The normalized spacial score (nSPS) is 10.6. The van der Waals surface area contributed by atoms with Gasteiger partial charge in [-0.25, -0.2) is 4.39 Å². The fourth-order valence-electron chi connectivity index (χ4n) is 0.0257. The molecule has 0 aromatic carbocycles. The van der Waals surface area contributed by atoms with Gasteiger partial charge in [0.05, 0.1) is 0 Å². The van der Waals surface area contributed by atoms with E-state index in [1.54, 1.807) is 0 Å². The molecule has 0 spiro atoms. The average Bonchev–Trinajstić information content (AvgIpc) is 1.41. The molecule has 0 rings (SSSR count). The summed E-state index contributed by atoms with van der Waals surface area (Å²) in [6.07, 6.45) is 0.255. The van der Waals surface area contributed by atoms with Crippen molar-refractivity contribution in [2.24, 2.45) is 0 Å². The molecule has 28 valence electrons. The fourth-order valence-corrected chi connectivity index (χ4v) is 0.0772. The minimum Gasteiger partial charge on any atom is -0.211 e. The SMILES string of the molecule is O=[PH+]C=CF. The van der Waals surface area contributed by atoms with Gasteiger partial charge in [-0.15, -0.1) is 0 Å². The summed E-state index contributed by atoms with van der Waals surface area (Å²) in [7, 11) is -0.648. The van der Waals surface area contributed by atoms with Crippen molar-refractivity contribution in [1.29, 1.82) is 0 Å². The minimum atomic E-state index is -0.648. The lowest BCUT2D eigenvalue weighted by molar-refractivity contribution is 0.602. The molecule has 0 N–H and O–H groups in total. The van der Waals surface area contributed by atoms with E-state index in [0.29, 0.717) is 0 Å². The first-order chi connectivity index (χ1) is 2.41. The Bertz CT molecular complexity index is 51.6. The van der Waals surface area contributed by atoms with Gasteiger partial charge in [-0.2, -0.15) is 0 Å². The summed E-state index contributed by atoms with van der Waals surface area (Å²) >= 11 is 0. The number of hydrogen-bond acceptors (Lipinski definition) is 1. The molecule has 0 radical (unpaired) electrons. The molecule has 0 aliphatic heterocycles. The van der Waals surface area contributed by atoms with Crippen LogP contribution in [0.25, 0.3) is 0 Å². The van der Waals surface area contributed by atoms with Crippen molar-refractivity contribution >= 4 is 8.46 Å². The Morgan fingerprint density at radius 3 is 2.40 bits per heavy atom. The highest BCUT2D eigenvalue weighted by atomic mass is 31.1. The third-order valence-corrected chi connectivity index (χ3v) is 0.393. The van der Waals surface area contributed by atoms with Crippen LogP contribution in [0.1, 0.15) is 0 Å². The van der Waals surface area contributed by atoms with Crippen molar-refractivity contribution in [2.75, 3.05) is 0 Å². The molecule has 0 saturated heterocycles. The van der Waals surface area contributed by atoms with E-state index >= 15 is 0 Å². The molecule has 0 heterocycles. The van der Waals surface area contributed by atoms with Crippen molar-refractivity contribution in [3.63, 3.8) is 0 Å². The standard InChI is InChI=1S/C2H2FOP/c3-1-2-5-4/h1-2H/p+1. The zero-order valence-corrected chi connectivity index (χ0v) is 3.44. The summed E-state index contributed by atoms with van der Waals surface area (Å²) in [5.74, 6) is 0.931. The number of rotatable bonds is 1. The molecule has 0 aromatic rings.